The first-order chi connectivity index (χ1) is 11.1. The highest BCUT2D eigenvalue weighted by Gasteiger charge is 2.44. The van der Waals surface area contributed by atoms with E-state index < -0.39 is 17.7 Å². The van der Waals surface area contributed by atoms with Crippen LogP contribution in [0.3, 0.4) is 0 Å². The molecule has 5 heteroatoms. The van der Waals surface area contributed by atoms with Gasteiger partial charge in [0.2, 0.25) is 5.91 Å². The highest BCUT2D eigenvalue weighted by Crippen LogP contribution is 2.48. The summed E-state index contributed by atoms with van der Waals surface area (Å²) in [4.78, 5) is 12.3. The van der Waals surface area contributed by atoms with E-state index in [4.69, 9.17) is 0 Å². The number of halogens is 2. The number of aliphatic hydroxyl groups excluding tert-OH is 1. The van der Waals surface area contributed by atoms with Gasteiger partial charge in [0.05, 0.1) is 12.6 Å². The Balaban J connectivity index is 1.64. The largest absolute Gasteiger partial charge is 0.394 e. The smallest absolute Gasteiger partial charge is 0.224 e. The average molecular weight is 317 g/mol. The van der Waals surface area contributed by atoms with Crippen molar-refractivity contribution in [2.24, 2.45) is 5.92 Å². The molecule has 0 radical (unpaired) electrons. The number of amides is 1. The minimum atomic E-state index is -0.897. The van der Waals surface area contributed by atoms with E-state index in [1.165, 1.54) is 6.07 Å². The lowest BCUT2D eigenvalue weighted by Gasteiger charge is -2.16. The molecule has 0 bridgehead atoms. The van der Waals surface area contributed by atoms with Crippen LogP contribution in [0.15, 0.2) is 48.5 Å². The number of benzene rings is 2. The summed E-state index contributed by atoms with van der Waals surface area (Å²) in [6, 6.07) is 12.5. The lowest BCUT2D eigenvalue weighted by atomic mass is 10.1. The zero-order chi connectivity index (χ0) is 16.4. The summed E-state index contributed by atoms with van der Waals surface area (Å²) in [6.45, 7) is -0.196. The van der Waals surface area contributed by atoms with Gasteiger partial charge in [-0.3, -0.25) is 4.79 Å². The van der Waals surface area contributed by atoms with Crippen LogP contribution < -0.4 is 5.32 Å². The van der Waals surface area contributed by atoms with Gasteiger partial charge in [0, 0.05) is 5.92 Å². The van der Waals surface area contributed by atoms with Gasteiger partial charge in [-0.15, -0.1) is 0 Å². The standard InChI is InChI=1S/C18H17F2NO2/c19-15-7-6-12(8-16(15)20)13-9-14(13)18(23)21-17(10-22)11-4-2-1-3-5-11/h1-8,13-14,17,22H,9-10H2,(H,21,23)/t13-,14-,17+/m0/s1. The fourth-order valence-corrected chi connectivity index (χ4v) is 2.79. The van der Waals surface area contributed by atoms with E-state index in [1.807, 2.05) is 30.3 Å². The predicted octanol–water partition coefficient (Wildman–Crippen LogP) is 2.92. The van der Waals surface area contributed by atoms with Crippen molar-refractivity contribution in [3.63, 3.8) is 0 Å². The van der Waals surface area contributed by atoms with Crippen LogP contribution in [0.4, 0.5) is 8.78 Å². The molecule has 0 heterocycles. The zero-order valence-electron chi connectivity index (χ0n) is 12.4. The first-order valence-corrected chi connectivity index (χ1v) is 7.51. The van der Waals surface area contributed by atoms with Gasteiger partial charge in [0.1, 0.15) is 0 Å². The van der Waals surface area contributed by atoms with Gasteiger partial charge in [0.25, 0.3) is 0 Å². The number of aliphatic hydroxyl groups is 1. The third kappa shape index (κ3) is 3.40. The monoisotopic (exact) mass is 317 g/mol. The Bertz CT molecular complexity index is 705. The molecule has 3 atom stereocenters. The van der Waals surface area contributed by atoms with Gasteiger partial charge in [-0.25, -0.2) is 8.78 Å². The van der Waals surface area contributed by atoms with E-state index in [9.17, 15) is 18.7 Å². The Kier molecular flexibility index (Phi) is 4.39. The van der Waals surface area contributed by atoms with Gasteiger partial charge in [-0.2, -0.15) is 0 Å². The van der Waals surface area contributed by atoms with E-state index in [1.54, 1.807) is 0 Å². The van der Waals surface area contributed by atoms with Crippen LogP contribution in [-0.2, 0) is 4.79 Å². The molecule has 0 aliphatic heterocycles. The Hall–Kier alpha value is -2.27. The van der Waals surface area contributed by atoms with Crippen LogP contribution in [0.1, 0.15) is 29.5 Å². The van der Waals surface area contributed by atoms with Crippen molar-refractivity contribution in [2.45, 2.75) is 18.4 Å². The van der Waals surface area contributed by atoms with Crippen LogP contribution >= 0.6 is 0 Å². The maximum absolute atomic E-state index is 13.3. The molecule has 1 aliphatic rings. The predicted molar refractivity (Wildman–Crippen MR) is 81.6 cm³/mol. The molecule has 3 nitrogen and oxygen atoms in total. The molecule has 1 amide bonds. The molecule has 1 aliphatic carbocycles. The summed E-state index contributed by atoms with van der Waals surface area (Å²) >= 11 is 0. The highest BCUT2D eigenvalue weighted by atomic mass is 19.2. The summed E-state index contributed by atoms with van der Waals surface area (Å²) in [6.07, 6.45) is 0.601. The van der Waals surface area contributed by atoms with Crippen molar-refractivity contribution in [3.05, 3.63) is 71.3 Å². The van der Waals surface area contributed by atoms with E-state index >= 15 is 0 Å². The van der Waals surface area contributed by atoms with Crippen molar-refractivity contribution in [1.82, 2.24) is 5.32 Å². The van der Waals surface area contributed by atoms with Crippen LogP contribution in [0.5, 0.6) is 0 Å². The zero-order valence-corrected chi connectivity index (χ0v) is 12.4. The summed E-state index contributed by atoms with van der Waals surface area (Å²) < 4.78 is 26.2. The number of nitrogens with one attached hydrogen (secondary N) is 1. The quantitative estimate of drug-likeness (QED) is 0.891. The van der Waals surface area contributed by atoms with E-state index in [-0.39, 0.29) is 24.3 Å². The molecule has 2 aromatic carbocycles. The average Bonchev–Trinajstić information content (AvgIpc) is 3.36. The molecule has 2 aromatic rings. The molecule has 1 fully saturated rings. The second-order valence-corrected chi connectivity index (χ2v) is 5.78. The Morgan fingerprint density at radius 2 is 1.91 bits per heavy atom. The maximum atomic E-state index is 13.3. The summed E-state index contributed by atoms with van der Waals surface area (Å²) in [5.74, 6) is -2.33. The molecule has 2 N–H and O–H groups in total. The Morgan fingerprint density at radius 3 is 2.57 bits per heavy atom. The third-order valence-corrected chi connectivity index (χ3v) is 4.20. The molecule has 0 saturated heterocycles. The van der Waals surface area contributed by atoms with Gasteiger partial charge >= 0.3 is 0 Å². The van der Waals surface area contributed by atoms with Crippen LogP contribution in [0.2, 0.25) is 0 Å². The van der Waals surface area contributed by atoms with Gasteiger partial charge in [-0.05, 0) is 35.6 Å². The van der Waals surface area contributed by atoms with Crippen LogP contribution in [0, 0.1) is 17.6 Å². The highest BCUT2D eigenvalue weighted by molar-refractivity contribution is 5.83. The van der Waals surface area contributed by atoms with E-state index in [0.717, 1.165) is 17.7 Å². The van der Waals surface area contributed by atoms with Crippen molar-refractivity contribution >= 4 is 5.91 Å². The second kappa shape index (κ2) is 6.46. The van der Waals surface area contributed by atoms with Gasteiger partial charge in [-0.1, -0.05) is 36.4 Å². The lowest BCUT2D eigenvalue weighted by molar-refractivity contribution is -0.123. The van der Waals surface area contributed by atoms with Crippen molar-refractivity contribution < 1.29 is 18.7 Å². The van der Waals surface area contributed by atoms with E-state index in [0.29, 0.717) is 12.0 Å². The maximum Gasteiger partial charge on any atom is 0.224 e. The minimum Gasteiger partial charge on any atom is -0.394 e. The minimum absolute atomic E-state index is 0.0970. The van der Waals surface area contributed by atoms with E-state index in [2.05, 4.69) is 5.32 Å². The van der Waals surface area contributed by atoms with Crippen molar-refractivity contribution in [3.8, 4) is 0 Å². The SMILES string of the molecule is O=C(N[C@H](CO)c1ccccc1)[C@H]1C[C@H]1c1ccc(F)c(F)c1. The summed E-state index contributed by atoms with van der Waals surface area (Å²) in [5, 5.41) is 12.3. The van der Waals surface area contributed by atoms with Crippen molar-refractivity contribution in [2.75, 3.05) is 6.61 Å². The number of carbonyl (C=O) groups excluding carboxylic acids is 1. The van der Waals surface area contributed by atoms with Gasteiger partial charge < -0.3 is 10.4 Å². The molecule has 0 unspecified atom stereocenters. The molecule has 0 aromatic heterocycles. The number of rotatable bonds is 5. The molecule has 0 spiro atoms. The second-order valence-electron chi connectivity index (χ2n) is 5.78. The van der Waals surface area contributed by atoms with Crippen LogP contribution in [0.25, 0.3) is 0 Å². The molecular weight excluding hydrogens is 300 g/mol. The van der Waals surface area contributed by atoms with Crippen molar-refractivity contribution in [1.29, 1.82) is 0 Å². The Morgan fingerprint density at radius 1 is 1.17 bits per heavy atom. The Labute approximate surface area is 133 Å². The number of hydrogen-bond acceptors (Lipinski definition) is 2. The molecular formula is C18H17F2NO2. The third-order valence-electron chi connectivity index (χ3n) is 4.20. The molecule has 23 heavy (non-hydrogen) atoms. The van der Waals surface area contributed by atoms with Crippen LogP contribution in [-0.4, -0.2) is 17.6 Å². The normalized spacial score (nSPS) is 20.8. The fourth-order valence-electron chi connectivity index (χ4n) is 2.79. The lowest BCUT2D eigenvalue weighted by Crippen LogP contribution is -2.32. The molecule has 1 saturated carbocycles. The number of carbonyl (C=O) groups is 1. The first-order valence-electron chi connectivity index (χ1n) is 7.51. The molecule has 3 rings (SSSR count). The number of hydrogen-bond donors (Lipinski definition) is 2. The summed E-state index contributed by atoms with van der Waals surface area (Å²) in [7, 11) is 0. The summed E-state index contributed by atoms with van der Waals surface area (Å²) in [5.41, 5.74) is 1.46. The fraction of sp³-hybridized carbons (Fsp3) is 0.278. The first kappa shape index (κ1) is 15.6. The van der Waals surface area contributed by atoms with Gasteiger partial charge in [0.15, 0.2) is 11.6 Å². The molecule has 120 valence electrons. The topological polar surface area (TPSA) is 49.3 Å².